The van der Waals surface area contributed by atoms with Gasteiger partial charge in [-0.25, -0.2) is 4.79 Å². The molecule has 0 aliphatic rings. The van der Waals surface area contributed by atoms with Crippen LogP contribution in [-0.2, 0) is 0 Å². The molecule has 0 unspecified atom stereocenters. The predicted molar refractivity (Wildman–Crippen MR) is 80.4 cm³/mol. The van der Waals surface area contributed by atoms with E-state index in [-0.39, 0.29) is 10.6 Å². The minimum atomic E-state index is -1.09. The average molecular weight is 343 g/mol. The second-order valence-corrected chi connectivity index (χ2v) is 5.54. The van der Waals surface area contributed by atoms with Gasteiger partial charge in [0.1, 0.15) is 0 Å². The van der Waals surface area contributed by atoms with Crippen molar-refractivity contribution in [1.82, 2.24) is 14.6 Å². The monoisotopic (exact) mass is 341 g/mol. The molecule has 0 radical (unpaired) electrons. The highest BCUT2D eigenvalue weighted by atomic mass is 35.5. The molecule has 106 valence electrons. The Morgan fingerprint density at radius 3 is 2.33 bits per heavy atom. The Morgan fingerprint density at radius 1 is 1.05 bits per heavy atom. The molecule has 0 saturated heterocycles. The first kappa shape index (κ1) is 14.1. The van der Waals surface area contributed by atoms with Crippen LogP contribution in [0.1, 0.15) is 10.4 Å². The van der Waals surface area contributed by atoms with Crippen molar-refractivity contribution in [2.75, 3.05) is 0 Å². The highest BCUT2D eigenvalue weighted by Gasteiger charge is 2.15. The molecule has 8 heteroatoms. The molecule has 21 heavy (non-hydrogen) atoms. The van der Waals surface area contributed by atoms with Gasteiger partial charge in [0.05, 0.1) is 10.6 Å². The van der Waals surface area contributed by atoms with Crippen LogP contribution in [0.5, 0.6) is 0 Å². The summed E-state index contributed by atoms with van der Waals surface area (Å²) in [7, 11) is 0. The summed E-state index contributed by atoms with van der Waals surface area (Å²) in [6.45, 7) is 0. The molecule has 0 spiro atoms. The number of hydrogen-bond acceptors (Lipinski definition) is 3. The van der Waals surface area contributed by atoms with Gasteiger partial charge < -0.3 is 5.11 Å². The number of pyridine rings is 1. The molecule has 5 nitrogen and oxygen atoms in total. The van der Waals surface area contributed by atoms with Crippen molar-refractivity contribution in [1.29, 1.82) is 0 Å². The molecule has 2 heterocycles. The Kier molecular flexibility index (Phi) is 3.49. The Morgan fingerprint density at radius 2 is 1.71 bits per heavy atom. The second kappa shape index (κ2) is 5.18. The number of nitrogens with zero attached hydrogens (tertiary/aromatic N) is 3. The maximum absolute atomic E-state index is 11.1. The van der Waals surface area contributed by atoms with Gasteiger partial charge in [0.25, 0.3) is 0 Å². The van der Waals surface area contributed by atoms with Crippen molar-refractivity contribution in [3.8, 4) is 11.4 Å². The van der Waals surface area contributed by atoms with Gasteiger partial charge in [-0.05, 0) is 24.3 Å². The van der Waals surface area contributed by atoms with Crippen LogP contribution in [0.2, 0.25) is 15.1 Å². The van der Waals surface area contributed by atoms with E-state index in [1.165, 1.54) is 16.7 Å². The van der Waals surface area contributed by atoms with Crippen LogP contribution in [0.3, 0.4) is 0 Å². The number of hydrogen-bond donors (Lipinski definition) is 1. The third-order valence-corrected chi connectivity index (χ3v) is 3.54. The largest absolute Gasteiger partial charge is 0.478 e. The van der Waals surface area contributed by atoms with Gasteiger partial charge >= 0.3 is 5.97 Å². The van der Waals surface area contributed by atoms with Crippen molar-refractivity contribution >= 4 is 46.4 Å². The third kappa shape index (κ3) is 2.55. The molecule has 0 saturated carbocycles. The zero-order valence-corrected chi connectivity index (χ0v) is 12.5. The molecule has 0 amide bonds. The van der Waals surface area contributed by atoms with Crippen molar-refractivity contribution in [2.45, 2.75) is 0 Å². The minimum Gasteiger partial charge on any atom is -0.478 e. The van der Waals surface area contributed by atoms with E-state index in [9.17, 15) is 4.79 Å². The van der Waals surface area contributed by atoms with Crippen LogP contribution in [-0.4, -0.2) is 25.7 Å². The van der Waals surface area contributed by atoms with E-state index in [0.717, 1.165) is 0 Å². The van der Waals surface area contributed by atoms with Crippen LogP contribution in [0, 0.1) is 0 Å². The van der Waals surface area contributed by atoms with E-state index < -0.39 is 5.97 Å². The molecular formula is C13H6Cl3N3O2. The number of aromatic carboxylic acids is 1. The summed E-state index contributed by atoms with van der Waals surface area (Å²) in [6.07, 6.45) is 1.40. The van der Waals surface area contributed by atoms with Gasteiger partial charge in [-0.1, -0.05) is 34.8 Å². The molecule has 0 aliphatic carbocycles. The Labute approximate surface area is 133 Å². The van der Waals surface area contributed by atoms with Crippen LogP contribution in [0.4, 0.5) is 0 Å². The number of benzene rings is 1. The Bertz CT molecular complexity index is 856. The Balaban J connectivity index is 2.30. The molecule has 0 aliphatic heterocycles. The molecule has 1 N–H and O–H groups in total. The van der Waals surface area contributed by atoms with Gasteiger partial charge in [-0.3, -0.25) is 4.40 Å². The molecule has 2 aromatic heterocycles. The average Bonchev–Trinajstić information content (AvgIpc) is 2.81. The molecule has 0 bridgehead atoms. The normalized spacial score (nSPS) is 11.0. The lowest BCUT2D eigenvalue weighted by atomic mass is 10.2. The molecular weight excluding hydrogens is 337 g/mol. The maximum Gasteiger partial charge on any atom is 0.337 e. The standard InChI is InChI=1S/C13H6Cl3N3O2/c14-8-1-6(2-9(15)4-8)11-17-18-12-10(16)3-7(13(20)21)5-19(11)12/h1-5H,(H,20,21). The summed E-state index contributed by atoms with van der Waals surface area (Å²) in [5, 5.41) is 18.2. The first-order chi connectivity index (χ1) is 9.95. The second-order valence-electron chi connectivity index (χ2n) is 4.26. The van der Waals surface area contributed by atoms with Crippen LogP contribution >= 0.6 is 34.8 Å². The van der Waals surface area contributed by atoms with E-state index in [4.69, 9.17) is 39.9 Å². The lowest BCUT2D eigenvalue weighted by molar-refractivity contribution is 0.0696. The van der Waals surface area contributed by atoms with Gasteiger partial charge in [-0.15, -0.1) is 10.2 Å². The summed E-state index contributed by atoms with van der Waals surface area (Å²) in [5.41, 5.74) is 0.994. The summed E-state index contributed by atoms with van der Waals surface area (Å²) in [4.78, 5) is 11.1. The lowest BCUT2D eigenvalue weighted by Crippen LogP contribution is -2.00. The summed E-state index contributed by atoms with van der Waals surface area (Å²) >= 11 is 18.0. The van der Waals surface area contributed by atoms with E-state index in [0.29, 0.717) is 27.1 Å². The number of rotatable bonds is 2. The van der Waals surface area contributed by atoms with Gasteiger partial charge in [-0.2, -0.15) is 0 Å². The zero-order chi connectivity index (χ0) is 15.1. The Hall–Kier alpha value is -1.82. The van der Waals surface area contributed by atoms with Crippen LogP contribution in [0.15, 0.2) is 30.5 Å². The van der Waals surface area contributed by atoms with Crippen molar-refractivity contribution in [3.63, 3.8) is 0 Å². The molecule has 1 aromatic carbocycles. The van der Waals surface area contributed by atoms with Crippen LogP contribution < -0.4 is 0 Å². The van der Waals surface area contributed by atoms with Crippen molar-refractivity contribution in [2.24, 2.45) is 0 Å². The lowest BCUT2D eigenvalue weighted by Gasteiger charge is -2.04. The molecule has 3 rings (SSSR count). The number of carboxylic acids is 1. The maximum atomic E-state index is 11.1. The fourth-order valence-corrected chi connectivity index (χ4v) is 2.72. The van der Waals surface area contributed by atoms with Gasteiger partial charge in [0.15, 0.2) is 11.5 Å². The number of aromatic nitrogens is 3. The molecule has 0 fully saturated rings. The first-order valence-corrected chi connectivity index (χ1v) is 6.83. The van der Waals surface area contributed by atoms with E-state index in [2.05, 4.69) is 10.2 Å². The smallest absolute Gasteiger partial charge is 0.337 e. The summed E-state index contributed by atoms with van der Waals surface area (Å²) < 4.78 is 1.49. The van der Waals surface area contributed by atoms with Gasteiger partial charge in [0, 0.05) is 21.8 Å². The predicted octanol–water partition coefficient (Wildman–Crippen LogP) is 4.05. The highest BCUT2D eigenvalue weighted by Crippen LogP contribution is 2.28. The number of carbonyl (C=O) groups is 1. The van der Waals surface area contributed by atoms with Gasteiger partial charge in [0.2, 0.25) is 0 Å². The fourth-order valence-electron chi connectivity index (χ4n) is 1.95. The van der Waals surface area contributed by atoms with Crippen LogP contribution in [0.25, 0.3) is 17.0 Å². The highest BCUT2D eigenvalue weighted by molar-refractivity contribution is 6.35. The van der Waals surface area contributed by atoms with Crippen molar-refractivity contribution < 1.29 is 9.90 Å². The van der Waals surface area contributed by atoms with Crippen molar-refractivity contribution in [3.05, 3.63) is 51.1 Å². The number of carboxylic acid groups (broad SMARTS) is 1. The summed E-state index contributed by atoms with van der Waals surface area (Å²) in [6, 6.07) is 6.23. The number of fused-ring (bicyclic) bond motifs is 1. The topological polar surface area (TPSA) is 67.5 Å². The van der Waals surface area contributed by atoms with E-state index in [1.54, 1.807) is 18.2 Å². The molecule has 0 atom stereocenters. The SMILES string of the molecule is O=C(O)c1cc(Cl)c2nnc(-c3cc(Cl)cc(Cl)c3)n2c1. The fraction of sp³-hybridized carbons (Fsp3) is 0. The first-order valence-electron chi connectivity index (χ1n) is 5.70. The quantitative estimate of drug-likeness (QED) is 0.763. The number of halogens is 3. The zero-order valence-electron chi connectivity index (χ0n) is 10.2. The van der Waals surface area contributed by atoms with E-state index >= 15 is 0 Å². The summed E-state index contributed by atoms with van der Waals surface area (Å²) in [5.74, 6) is -0.693. The van der Waals surface area contributed by atoms with E-state index in [1.807, 2.05) is 0 Å². The molecule has 3 aromatic rings. The minimum absolute atomic E-state index is 0.0293. The third-order valence-electron chi connectivity index (χ3n) is 2.83.